The molecule has 146 valence electrons. The summed E-state index contributed by atoms with van der Waals surface area (Å²) < 4.78 is 10.8. The molecular formula is C19H24ClN3O4. The zero-order valence-corrected chi connectivity index (χ0v) is 16.1. The molecule has 0 saturated carbocycles. The predicted molar refractivity (Wildman–Crippen MR) is 102 cm³/mol. The molecule has 0 fully saturated rings. The largest absolute Gasteiger partial charge is 0.490 e. The van der Waals surface area contributed by atoms with Crippen molar-refractivity contribution in [2.75, 3.05) is 26.4 Å². The van der Waals surface area contributed by atoms with Gasteiger partial charge < -0.3 is 19.9 Å². The Hall–Kier alpha value is -2.22. The van der Waals surface area contributed by atoms with Crippen molar-refractivity contribution in [2.45, 2.75) is 25.9 Å². The Morgan fingerprint density at radius 1 is 1.33 bits per heavy atom. The van der Waals surface area contributed by atoms with E-state index in [1.54, 1.807) is 30.6 Å². The summed E-state index contributed by atoms with van der Waals surface area (Å²) in [6.45, 7) is 5.82. The van der Waals surface area contributed by atoms with Gasteiger partial charge in [-0.2, -0.15) is 0 Å². The number of hydrogen-bond donors (Lipinski definition) is 2. The number of hydrogen-bond acceptors (Lipinski definition) is 6. The Morgan fingerprint density at radius 3 is 2.89 bits per heavy atom. The van der Waals surface area contributed by atoms with Crippen LogP contribution in [0.2, 0.25) is 5.15 Å². The van der Waals surface area contributed by atoms with E-state index in [1.165, 1.54) is 0 Å². The van der Waals surface area contributed by atoms with Crippen molar-refractivity contribution in [2.24, 2.45) is 0 Å². The fourth-order valence-corrected chi connectivity index (χ4v) is 2.50. The standard InChI is InChI=1S/C19H24ClN3O4/c1-3-26-7-8-27-15-9-14(11-21-12-15)13(2)10-22-19(25)18(24)16-5-4-6-17(20)23-16/h4-6,9,11-13,18,24H,3,7-8,10H2,1-2H3,(H,22,25). The molecule has 0 aliphatic carbocycles. The number of halogens is 1. The van der Waals surface area contributed by atoms with E-state index in [9.17, 15) is 9.90 Å². The first-order chi connectivity index (χ1) is 13.0. The molecule has 0 saturated heterocycles. The smallest absolute Gasteiger partial charge is 0.255 e. The molecule has 0 aromatic carbocycles. The van der Waals surface area contributed by atoms with Crippen LogP contribution in [0.3, 0.4) is 0 Å². The molecule has 2 rings (SSSR count). The first kappa shape index (κ1) is 21.1. The summed E-state index contributed by atoms with van der Waals surface area (Å²) in [7, 11) is 0. The van der Waals surface area contributed by atoms with Crippen molar-refractivity contribution in [1.82, 2.24) is 15.3 Å². The van der Waals surface area contributed by atoms with E-state index in [0.717, 1.165) is 5.56 Å². The molecule has 7 nitrogen and oxygen atoms in total. The topological polar surface area (TPSA) is 93.6 Å². The van der Waals surface area contributed by atoms with Gasteiger partial charge in [-0.3, -0.25) is 9.78 Å². The predicted octanol–water partition coefficient (Wildman–Crippen LogP) is 2.50. The van der Waals surface area contributed by atoms with Gasteiger partial charge in [0, 0.05) is 25.3 Å². The van der Waals surface area contributed by atoms with Crippen molar-refractivity contribution in [3.05, 3.63) is 53.1 Å². The van der Waals surface area contributed by atoms with Crippen LogP contribution in [-0.2, 0) is 9.53 Å². The molecule has 2 unspecified atom stereocenters. The number of ether oxygens (including phenoxy) is 2. The van der Waals surface area contributed by atoms with Crippen LogP contribution in [0, 0.1) is 0 Å². The molecule has 8 heteroatoms. The highest BCUT2D eigenvalue weighted by Gasteiger charge is 2.19. The van der Waals surface area contributed by atoms with E-state index < -0.39 is 12.0 Å². The normalized spacial score (nSPS) is 13.0. The monoisotopic (exact) mass is 393 g/mol. The van der Waals surface area contributed by atoms with Gasteiger partial charge in [-0.1, -0.05) is 24.6 Å². The lowest BCUT2D eigenvalue weighted by atomic mass is 10.0. The SMILES string of the molecule is CCOCCOc1cncc(C(C)CNC(=O)C(O)c2cccc(Cl)n2)c1. The number of nitrogens with one attached hydrogen (secondary N) is 1. The van der Waals surface area contributed by atoms with Gasteiger partial charge in [0.15, 0.2) is 6.10 Å². The van der Waals surface area contributed by atoms with Crippen LogP contribution in [0.1, 0.15) is 37.1 Å². The van der Waals surface area contributed by atoms with Crippen LogP contribution in [0.15, 0.2) is 36.7 Å². The highest BCUT2D eigenvalue weighted by Crippen LogP contribution is 2.19. The van der Waals surface area contributed by atoms with E-state index >= 15 is 0 Å². The van der Waals surface area contributed by atoms with Gasteiger partial charge in [0.2, 0.25) is 0 Å². The molecular weight excluding hydrogens is 370 g/mol. The van der Waals surface area contributed by atoms with Crippen LogP contribution in [0.4, 0.5) is 0 Å². The van der Waals surface area contributed by atoms with Crippen molar-refractivity contribution >= 4 is 17.5 Å². The van der Waals surface area contributed by atoms with Gasteiger partial charge >= 0.3 is 0 Å². The summed E-state index contributed by atoms with van der Waals surface area (Å²) in [6, 6.07) is 6.64. The zero-order chi connectivity index (χ0) is 19.6. The van der Waals surface area contributed by atoms with Gasteiger partial charge in [0.25, 0.3) is 5.91 Å². The van der Waals surface area contributed by atoms with Gasteiger partial charge in [-0.15, -0.1) is 0 Å². The molecule has 0 spiro atoms. The highest BCUT2D eigenvalue weighted by molar-refractivity contribution is 6.29. The van der Waals surface area contributed by atoms with E-state index in [1.807, 2.05) is 19.9 Å². The van der Waals surface area contributed by atoms with Gasteiger partial charge in [-0.25, -0.2) is 4.98 Å². The van der Waals surface area contributed by atoms with Crippen LogP contribution < -0.4 is 10.1 Å². The molecule has 0 aliphatic rings. The highest BCUT2D eigenvalue weighted by atomic mass is 35.5. The van der Waals surface area contributed by atoms with E-state index in [-0.39, 0.29) is 16.8 Å². The summed E-state index contributed by atoms with van der Waals surface area (Å²) in [5, 5.41) is 13.0. The van der Waals surface area contributed by atoms with E-state index in [0.29, 0.717) is 32.1 Å². The van der Waals surface area contributed by atoms with E-state index in [2.05, 4.69) is 15.3 Å². The van der Waals surface area contributed by atoms with Crippen molar-refractivity contribution in [3.8, 4) is 5.75 Å². The van der Waals surface area contributed by atoms with Crippen LogP contribution in [-0.4, -0.2) is 47.3 Å². The third kappa shape index (κ3) is 6.78. The van der Waals surface area contributed by atoms with Crippen LogP contribution >= 0.6 is 11.6 Å². The minimum absolute atomic E-state index is 0.0172. The average molecular weight is 394 g/mol. The van der Waals surface area contributed by atoms with Crippen LogP contribution in [0.25, 0.3) is 0 Å². The maximum Gasteiger partial charge on any atom is 0.255 e. The first-order valence-corrected chi connectivity index (χ1v) is 9.12. The second-order valence-corrected chi connectivity index (χ2v) is 6.32. The second kappa shape index (κ2) is 10.8. The molecule has 2 atom stereocenters. The second-order valence-electron chi connectivity index (χ2n) is 5.93. The van der Waals surface area contributed by atoms with Crippen molar-refractivity contribution in [1.29, 1.82) is 0 Å². The van der Waals surface area contributed by atoms with Crippen molar-refractivity contribution in [3.63, 3.8) is 0 Å². The number of rotatable bonds is 10. The molecule has 2 N–H and O–H groups in total. The lowest BCUT2D eigenvalue weighted by molar-refractivity contribution is -0.129. The Morgan fingerprint density at radius 2 is 2.15 bits per heavy atom. The fraction of sp³-hybridized carbons (Fsp3) is 0.421. The lowest BCUT2D eigenvalue weighted by Gasteiger charge is -2.16. The maximum absolute atomic E-state index is 12.2. The number of carbonyl (C=O) groups is 1. The molecule has 2 aromatic rings. The summed E-state index contributed by atoms with van der Waals surface area (Å²) in [5.74, 6) is 0.0960. The average Bonchev–Trinajstić information content (AvgIpc) is 2.68. The third-order valence-corrected chi connectivity index (χ3v) is 4.06. The van der Waals surface area contributed by atoms with Gasteiger partial charge in [0.1, 0.15) is 17.5 Å². The maximum atomic E-state index is 12.2. The molecule has 1 amide bonds. The molecule has 0 bridgehead atoms. The third-order valence-electron chi connectivity index (χ3n) is 3.85. The van der Waals surface area contributed by atoms with Crippen LogP contribution in [0.5, 0.6) is 5.75 Å². The quantitative estimate of drug-likeness (QED) is 0.476. The Kier molecular flexibility index (Phi) is 8.44. The first-order valence-electron chi connectivity index (χ1n) is 8.75. The lowest BCUT2D eigenvalue weighted by Crippen LogP contribution is -2.32. The molecule has 27 heavy (non-hydrogen) atoms. The number of carbonyl (C=O) groups excluding carboxylic acids is 1. The minimum Gasteiger partial charge on any atom is -0.490 e. The summed E-state index contributed by atoms with van der Waals surface area (Å²) in [6.07, 6.45) is 1.98. The molecule has 2 aromatic heterocycles. The molecule has 0 aliphatic heterocycles. The Bertz CT molecular complexity index is 744. The Labute approximate surface area is 163 Å². The number of nitrogens with zero attached hydrogens (tertiary/aromatic N) is 2. The van der Waals surface area contributed by atoms with E-state index in [4.69, 9.17) is 21.1 Å². The van der Waals surface area contributed by atoms with Crippen molar-refractivity contribution < 1.29 is 19.4 Å². The Balaban J connectivity index is 1.87. The zero-order valence-electron chi connectivity index (χ0n) is 15.4. The minimum atomic E-state index is -1.37. The number of amides is 1. The molecule has 2 heterocycles. The summed E-state index contributed by atoms with van der Waals surface area (Å²) in [4.78, 5) is 20.3. The number of aliphatic hydroxyl groups excluding tert-OH is 1. The van der Waals surface area contributed by atoms with Gasteiger partial charge in [0.05, 0.1) is 18.5 Å². The summed E-state index contributed by atoms with van der Waals surface area (Å²) in [5.41, 5.74) is 1.12. The summed E-state index contributed by atoms with van der Waals surface area (Å²) >= 11 is 5.79. The number of pyridine rings is 2. The number of aromatic nitrogens is 2. The van der Waals surface area contributed by atoms with Gasteiger partial charge in [-0.05, 0) is 30.7 Å². The number of aliphatic hydroxyl groups is 1. The molecule has 0 radical (unpaired) electrons. The fourth-order valence-electron chi connectivity index (χ4n) is 2.33.